The van der Waals surface area contributed by atoms with Gasteiger partial charge in [-0.25, -0.2) is 0 Å². The monoisotopic (exact) mass is 348 g/mol. The van der Waals surface area contributed by atoms with Crippen LogP contribution in [0.5, 0.6) is 0 Å². The first-order chi connectivity index (χ1) is 11.1. The van der Waals surface area contributed by atoms with E-state index >= 15 is 0 Å². The normalized spacial score (nSPS) is 11.7. The molecule has 0 saturated carbocycles. The van der Waals surface area contributed by atoms with E-state index in [0.717, 1.165) is 15.0 Å². The minimum absolute atomic E-state index is 0.0449. The van der Waals surface area contributed by atoms with Crippen LogP contribution in [0.4, 0.5) is 5.13 Å². The number of rotatable bonds is 8. The topological polar surface area (TPSA) is 58.1 Å². The van der Waals surface area contributed by atoms with Gasteiger partial charge < -0.3 is 10.2 Å². The molecule has 1 amide bonds. The van der Waals surface area contributed by atoms with Gasteiger partial charge >= 0.3 is 0 Å². The Morgan fingerprint density at radius 3 is 2.87 bits per heavy atom. The highest BCUT2D eigenvalue weighted by atomic mass is 32.2. The van der Waals surface area contributed by atoms with Gasteiger partial charge in [0, 0.05) is 13.6 Å². The molecule has 1 aromatic carbocycles. The maximum atomic E-state index is 12.3. The maximum Gasteiger partial charge on any atom is 0.233 e. The molecule has 0 spiro atoms. The maximum absolute atomic E-state index is 12.3. The van der Waals surface area contributed by atoms with E-state index < -0.39 is 0 Å². The van der Waals surface area contributed by atoms with Crippen molar-refractivity contribution in [2.75, 3.05) is 24.7 Å². The lowest BCUT2D eigenvalue weighted by molar-refractivity contribution is -0.128. The molecule has 5 nitrogen and oxygen atoms in total. The number of hydrogen-bond donors (Lipinski definition) is 1. The number of anilines is 1. The predicted molar refractivity (Wildman–Crippen MR) is 96.9 cm³/mol. The van der Waals surface area contributed by atoms with E-state index in [1.54, 1.807) is 11.0 Å². The number of aromatic nitrogens is 2. The van der Waals surface area contributed by atoms with Gasteiger partial charge in [-0.3, -0.25) is 4.79 Å². The molecule has 0 saturated heterocycles. The second-order valence-corrected chi connectivity index (χ2v) is 7.12. The molecule has 1 aromatic heterocycles. The largest absolute Gasteiger partial charge is 0.357 e. The molecule has 0 unspecified atom stereocenters. The minimum Gasteiger partial charge on any atom is -0.357 e. The molecule has 2 rings (SSSR count). The number of thioether (sulfide) groups is 1. The van der Waals surface area contributed by atoms with E-state index in [9.17, 15) is 4.79 Å². The smallest absolute Gasteiger partial charge is 0.233 e. The predicted octanol–water partition coefficient (Wildman–Crippen LogP) is 3.45. The van der Waals surface area contributed by atoms with Gasteiger partial charge in [0.15, 0.2) is 4.34 Å². The fourth-order valence-electron chi connectivity index (χ4n) is 1.90. The zero-order valence-corrected chi connectivity index (χ0v) is 14.9. The lowest BCUT2D eigenvalue weighted by atomic mass is 10.1. The number of carbonyl (C=O) groups is 1. The van der Waals surface area contributed by atoms with Gasteiger partial charge in [0.1, 0.15) is 0 Å². The van der Waals surface area contributed by atoms with Crippen LogP contribution in [-0.4, -0.2) is 40.3 Å². The van der Waals surface area contributed by atoms with Crippen LogP contribution in [0.15, 0.2) is 47.3 Å². The van der Waals surface area contributed by atoms with Gasteiger partial charge in [-0.05, 0) is 12.5 Å². The Morgan fingerprint density at radius 1 is 1.43 bits per heavy atom. The van der Waals surface area contributed by atoms with Gasteiger partial charge in [-0.2, -0.15) is 0 Å². The number of benzene rings is 1. The third-order valence-corrected chi connectivity index (χ3v) is 5.38. The van der Waals surface area contributed by atoms with E-state index in [-0.39, 0.29) is 11.9 Å². The van der Waals surface area contributed by atoms with Crippen molar-refractivity contribution >= 4 is 34.1 Å². The Bertz CT molecular complexity index is 645. The molecule has 0 aliphatic rings. The molecule has 0 aliphatic carbocycles. The van der Waals surface area contributed by atoms with Crippen molar-refractivity contribution < 1.29 is 4.79 Å². The van der Waals surface area contributed by atoms with Crippen LogP contribution in [0.2, 0.25) is 0 Å². The van der Waals surface area contributed by atoms with Gasteiger partial charge in [-0.1, -0.05) is 59.5 Å². The second kappa shape index (κ2) is 8.69. The quantitative estimate of drug-likeness (QED) is 0.585. The summed E-state index contributed by atoms with van der Waals surface area (Å²) in [4.78, 5) is 14.1. The number of nitrogens with zero attached hydrogens (tertiary/aromatic N) is 3. The van der Waals surface area contributed by atoms with E-state index in [4.69, 9.17) is 0 Å². The van der Waals surface area contributed by atoms with Crippen molar-refractivity contribution in [2.45, 2.75) is 17.3 Å². The fraction of sp³-hybridized carbons (Fsp3) is 0.312. The van der Waals surface area contributed by atoms with Crippen LogP contribution < -0.4 is 5.32 Å². The van der Waals surface area contributed by atoms with Gasteiger partial charge in [0.2, 0.25) is 11.0 Å². The Morgan fingerprint density at radius 2 is 2.17 bits per heavy atom. The van der Waals surface area contributed by atoms with Crippen molar-refractivity contribution in [3.05, 3.63) is 48.6 Å². The third kappa shape index (κ3) is 5.07. The first kappa shape index (κ1) is 17.5. The van der Waals surface area contributed by atoms with Gasteiger partial charge in [0.05, 0.1) is 11.8 Å². The molecule has 0 aliphatic heterocycles. The highest BCUT2D eigenvalue weighted by Gasteiger charge is 2.18. The zero-order chi connectivity index (χ0) is 16.7. The van der Waals surface area contributed by atoms with Crippen molar-refractivity contribution in [3.63, 3.8) is 0 Å². The fourth-order valence-corrected chi connectivity index (χ4v) is 3.58. The van der Waals surface area contributed by atoms with Crippen molar-refractivity contribution in [3.8, 4) is 0 Å². The molecule has 0 fully saturated rings. The lowest BCUT2D eigenvalue weighted by Crippen LogP contribution is -2.31. The van der Waals surface area contributed by atoms with Crippen molar-refractivity contribution in [1.29, 1.82) is 0 Å². The summed E-state index contributed by atoms with van der Waals surface area (Å²) < 4.78 is 0.783. The Balaban J connectivity index is 1.86. The number of amides is 1. The Kier molecular flexibility index (Phi) is 6.61. The van der Waals surface area contributed by atoms with Crippen molar-refractivity contribution in [1.82, 2.24) is 15.1 Å². The third-order valence-electron chi connectivity index (χ3n) is 3.38. The van der Waals surface area contributed by atoms with Crippen LogP contribution in [0.1, 0.15) is 18.5 Å². The molecule has 23 heavy (non-hydrogen) atoms. The molecule has 122 valence electrons. The molecule has 0 radical (unpaired) electrons. The lowest BCUT2D eigenvalue weighted by Gasteiger charge is -2.25. The first-order valence-electron chi connectivity index (χ1n) is 7.23. The highest BCUT2D eigenvalue weighted by Crippen LogP contribution is 2.26. The number of carbonyl (C=O) groups excluding carboxylic acids is 1. The molecular weight excluding hydrogens is 328 g/mol. The second-order valence-electron chi connectivity index (χ2n) is 4.92. The van der Waals surface area contributed by atoms with Crippen LogP contribution in [0, 0.1) is 0 Å². The molecule has 1 heterocycles. The number of nitrogens with one attached hydrogen (secondary N) is 1. The molecule has 7 heteroatoms. The van der Waals surface area contributed by atoms with Crippen LogP contribution in [-0.2, 0) is 4.79 Å². The van der Waals surface area contributed by atoms with Gasteiger partial charge in [0.25, 0.3) is 0 Å². The summed E-state index contributed by atoms with van der Waals surface area (Å²) >= 11 is 2.85. The summed E-state index contributed by atoms with van der Waals surface area (Å²) in [6.45, 7) is 6.32. The SMILES string of the molecule is C=CCNc1nnc(SCC(=O)N(C)[C@H](C)c2ccccc2)s1. The summed E-state index contributed by atoms with van der Waals surface area (Å²) in [6.07, 6.45) is 1.76. The summed E-state index contributed by atoms with van der Waals surface area (Å²) in [7, 11) is 1.83. The zero-order valence-electron chi connectivity index (χ0n) is 13.2. The summed E-state index contributed by atoms with van der Waals surface area (Å²) in [5, 5.41) is 11.9. The molecular formula is C16H20N4OS2. The highest BCUT2D eigenvalue weighted by molar-refractivity contribution is 8.01. The standard InChI is InChI=1S/C16H20N4OS2/c1-4-10-17-15-18-19-16(23-15)22-11-14(21)20(3)12(2)13-8-6-5-7-9-13/h4-9,12H,1,10-11H2,2-3H3,(H,17,18)/t12-/m1/s1. The summed E-state index contributed by atoms with van der Waals surface area (Å²) in [6, 6.07) is 10.0. The summed E-state index contributed by atoms with van der Waals surface area (Å²) in [5.74, 6) is 0.422. The molecule has 0 bridgehead atoms. The average molecular weight is 348 g/mol. The molecule has 1 N–H and O–H groups in total. The Labute approximate surface area is 144 Å². The molecule has 1 atom stereocenters. The average Bonchev–Trinajstić information content (AvgIpc) is 3.05. The number of hydrogen-bond acceptors (Lipinski definition) is 6. The van der Waals surface area contributed by atoms with E-state index in [1.807, 2.05) is 44.3 Å². The van der Waals surface area contributed by atoms with Crippen LogP contribution in [0.3, 0.4) is 0 Å². The van der Waals surface area contributed by atoms with Gasteiger partial charge in [-0.15, -0.1) is 16.8 Å². The van der Waals surface area contributed by atoms with E-state index in [1.165, 1.54) is 23.1 Å². The summed E-state index contributed by atoms with van der Waals surface area (Å²) in [5.41, 5.74) is 1.13. The van der Waals surface area contributed by atoms with Crippen LogP contribution in [0.25, 0.3) is 0 Å². The Hall–Kier alpha value is -1.86. The first-order valence-corrected chi connectivity index (χ1v) is 9.03. The van der Waals surface area contributed by atoms with Crippen LogP contribution >= 0.6 is 23.1 Å². The van der Waals surface area contributed by atoms with E-state index in [0.29, 0.717) is 12.3 Å². The molecule has 2 aromatic rings. The van der Waals surface area contributed by atoms with E-state index in [2.05, 4.69) is 22.1 Å². The minimum atomic E-state index is 0.0449. The van der Waals surface area contributed by atoms with Crippen molar-refractivity contribution in [2.24, 2.45) is 0 Å².